The molecule has 6 nitrogen and oxygen atoms in total. The molecular formula is C18H18N4O2. The molecule has 6 heteroatoms. The molecule has 4 rings (SSSR count). The lowest BCUT2D eigenvalue weighted by Crippen LogP contribution is -2.49. The molecule has 1 aromatic rings. The minimum absolute atomic E-state index is 0.0251. The zero-order valence-corrected chi connectivity index (χ0v) is 13.2. The summed E-state index contributed by atoms with van der Waals surface area (Å²) in [6.45, 7) is 7.57. The minimum Gasteiger partial charge on any atom is -0.394 e. The van der Waals surface area contributed by atoms with Crippen LogP contribution < -0.4 is 11.1 Å². The lowest BCUT2D eigenvalue weighted by Gasteiger charge is -2.33. The molecule has 3 N–H and O–H groups in total. The van der Waals surface area contributed by atoms with Gasteiger partial charge in [0.05, 0.1) is 6.57 Å². The van der Waals surface area contributed by atoms with Crippen LogP contribution in [0.2, 0.25) is 0 Å². The molecule has 0 saturated heterocycles. The number of rotatable bonds is 1. The molecular weight excluding hydrogens is 304 g/mol. The molecule has 1 atom stereocenters. The maximum Gasteiger partial charge on any atom is 0.242 e. The number of anilines is 1. The van der Waals surface area contributed by atoms with Gasteiger partial charge >= 0.3 is 0 Å². The summed E-state index contributed by atoms with van der Waals surface area (Å²) in [7, 11) is 0. The van der Waals surface area contributed by atoms with Gasteiger partial charge in [-0.15, -0.1) is 0 Å². The Balaban J connectivity index is 1.90. The van der Waals surface area contributed by atoms with Crippen LogP contribution >= 0.6 is 0 Å². The number of fused-ring (bicyclic) bond motifs is 2. The summed E-state index contributed by atoms with van der Waals surface area (Å²) in [5.74, 6) is -0.699. The van der Waals surface area contributed by atoms with Gasteiger partial charge in [-0.3, -0.25) is 9.59 Å². The molecule has 0 aromatic heterocycles. The summed E-state index contributed by atoms with van der Waals surface area (Å²) in [6, 6.07) is 7.02. The Bertz CT molecular complexity index is 817. The Morgan fingerprint density at radius 2 is 1.92 bits per heavy atom. The highest BCUT2D eigenvalue weighted by molar-refractivity contribution is 6.25. The molecule has 1 saturated carbocycles. The first-order valence-electron chi connectivity index (χ1n) is 8.24. The smallest absolute Gasteiger partial charge is 0.242 e. The summed E-state index contributed by atoms with van der Waals surface area (Å²) in [5, 5.41) is 2.75. The third-order valence-electron chi connectivity index (χ3n) is 5.37. The lowest BCUT2D eigenvalue weighted by molar-refractivity contribution is -0.138. The first-order valence-corrected chi connectivity index (χ1v) is 8.24. The second-order valence-corrected chi connectivity index (χ2v) is 6.56. The van der Waals surface area contributed by atoms with Crippen LogP contribution in [0.25, 0.3) is 4.85 Å². The molecule has 2 amide bonds. The molecule has 1 unspecified atom stereocenters. The molecule has 0 bridgehead atoms. The van der Waals surface area contributed by atoms with Crippen molar-refractivity contribution in [3.05, 3.63) is 52.8 Å². The summed E-state index contributed by atoms with van der Waals surface area (Å²) in [4.78, 5) is 31.3. The minimum atomic E-state index is -1.61. The van der Waals surface area contributed by atoms with Crippen LogP contribution in [0.3, 0.4) is 0 Å². The number of carbonyl (C=O) groups is 2. The van der Waals surface area contributed by atoms with Crippen molar-refractivity contribution in [3.63, 3.8) is 0 Å². The van der Waals surface area contributed by atoms with E-state index in [-0.39, 0.29) is 23.5 Å². The average Bonchev–Trinajstić information content (AvgIpc) is 3.01. The number of hydrogen-bond donors (Lipinski definition) is 2. The van der Waals surface area contributed by atoms with Gasteiger partial charge < -0.3 is 16.0 Å². The van der Waals surface area contributed by atoms with Gasteiger partial charge in [0, 0.05) is 11.7 Å². The van der Waals surface area contributed by atoms with Gasteiger partial charge in [-0.1, -0.05) is 37.5 Å². The van der Waals surface area contributed by atoms with Crippen LogP contribution in [0.1, 0.15) is 37.7 Å². The maximum atomic E-state index is 13.4. The molecule has 1 aliphatic carbocycles. The van der Waals surface area contributed by atoms with E-state index >= 15 is 0 Å². The fourth-order valence-electron chi connectivity index (χ4n) is 4.25. The molecule has 0 radical (unpaired) electrons. The monoisotopic (exact) mass is 322 g/mol. The van der Waals surface area contributed by atoms with Gasteiger partial charge in [-0.2, -0.15) is 0 Å². The maximum absolute atomic E-state index is 13.4. The van der Waals surface area contributed by atoms with E-state index in [1.807, 2.05) is 0 Å². The van der Waals surface area contributed by atoms with E-state index in [0.717, 1.165) is 32.1 Å². The molecule has 1 fully saturated rings. The number of nitrogens with zero attached hydrogens (tertiary/aromatic N) is 2. The first kappa shape index (κ1) is 14.8. The first-order chi connectivity index (χ1) is 11.6. The van der Waals surface area contributed by atoms with Gasteiger partial charge in [0.1, 0.15) is 5.82 Å². The number of nitrogens with one attached hydrogen (secondary N) is 1. The number of benzene rings is 1. The Kier molecular flexibility index (Phi) is 3.14. The number of carbonyl (C=O) groups excluding carboxylic acids is 2. The van der Waals surface area contributed by atoms with Crippen molar-refractivity contribution in [2.75, 3.05) is 5.32 Å². The Labute approximate surface area is 140 Å². The topological polar surface area (TPSA) is 79.8 Å². The highest BCUT2D eigenvalue weighted by atomic mass is 16.2. The van der Waals surface area contributed by atoms with E-state index in [4.69, 9.17) is 12.3 Å². The van der Waals surface area contributed by atoms with Crippen molar-refractivity contribution in [2.24, 2.45) is 5.73 Å². The second-order valence-electron chi connectivity index (χ2n) is 6.56. The van der Waals surface area contributed by atoms with Crippen LogP contribution in [0.15, 0.2) is 35.8 Å². The molecule has 1 spiro atoms. The van der Waals surface area contributed by atoms with Gasteiger partial charge in [-0.25, -0.2) is 4.85 Å². The Morgan fingerprint density at radius 3 is 2.62 bits per heavy atom. The van der Waals surface area contributed by atoms with Gasteiger partial charge in [-0.05, 0) is 24.5 Å². The molecule has 2 heterocycles. The highest BCUT2D eigenvalue weighted by Crippen LogP contribution is 2.50. The van der Waals surface area contributed by atoms with E-state index < -0.39 is 11.3 Å². The van der Waals surface area contributed by atoms with E-state index in [1.165, 1.54) is 4.90 Å². The van der Waals surface area contributed by atoms with Crippen molar-refractivity contribution in [1.29, 1.82) is 0 Å². The van der Waals surface area contributed by atoms with Crippen molar-refractivity contribution < 1.29 is 9.59 Å². The second kappa shape index (κ2) is 5.10. The van der Waals surface area contributed by atoms with Crippen LogP contribution in [0.4, 0.5) is 5.69 Å². The highest BCUT2D eigenvalue weighted by Gasteiger charge is 2.64. The van der Waals surface area contributed by atoms with Crippen molar-refractivity contribution in [3.8, 4) is 0 Å². The van der Waals surface area contributed by atoms with Crippen LogP contribution in [-0.4, -0.2) is 22.8 Å². The number of para-hydroxylation sites is 1. The van der Waals surface area contributed by atoms with Crippen LogP contribution in [0, 0.1) is 6.57 Å². The largest absolute Gasteiger partial charge is 0.394 e. The molecule has 122 valence electrons. The lowest BCUT2D eigenvalue weighted by atomic mass is 9.79. The van der Waals surface area contributed by atoms with E-state index in [9.17, 15) is 9.59 Å². The van der Waals surface area contributed by atoms with E-state index in [1.54, 1.807) is 24.3 Å². The number of amides is 2. The Hall–Kier alpha value is -2.81. The Morgan fingerprint density at radius 1 is 1.21 bits per heavy atom. The van der Waals surface area contributed by atoms with Crippen LogP contribution in [0.5, 0.6) is 0 Å². The fraction of sp³-hybridized carbons (Fsp3) is 0.389. The van der Waals surface area contributed by atoms with E-state index in [2.05, 4.69) is 10.2 Å². The zero-order chi connectivity index (χ0) is 16.9. The van der Waals surface area contributed by atoms with E-state index in [0.29, 0.717) is 11.3 Å². The molecule has 2 aliphatic heterocycles. The zero-order valence-electron chi connectivity index (χ0n) is 13.2. The fourth-order valence-corrected chi connectivity index (χ4v) is 4.25. The predicted molar refractivity (Wildman–Crippen MR) is 88.3 cm³/mol. The van der Waals surface area contributed by atoms with Crippen molar-refractivity contribution in [2.45, 2.75) is 43.6 Å². The standard InChI is InChI=1S/C18H18N4O2/c1-20-14-15(19)22(11-7-3-2-4-8-11)17(24)18(14)12-9-5-6-10-13(12)21-16(18)23/h5-6,9-11H,2-4,7-8,19H2,(H,21,23). The SMILES string of the molecule is [C-]#[N+]C1=C(N)N(C2CCCCC2)C(=O)C12C(=O)Nc1ccccc12. The number of hydrogen-bond acceptors (Lipinski definition) is 3. The molecule has 1 aromatic carbocycles. The molecule has 3 aliphatic rings. The summed E-state index contributed by atoms with van der Waals surface area (Å²) < 4.78 is 0. The van der Waals surface area contributed by atoms with Gasteiger partial charge in [0.15, 0.2) is 5.41 Å². The molecule has 24 heavy (non-hydrogen) atoms. The summed E-state index contributed by atoms with van der Waals surface area (Å²) >= 11 is 0. The third-order valence-corrected chi connectivity index (χ3v) is 5.37. The van der Waals surface area contributed by atoms with Gasteiger partial charge in [0.25, 0.3) is 0 Å². The normalized spacial score (nSPS) is 26.7. The average molecular weight is 322 g/mol. The third kappa shape index (κ3) is 1.64. The van der Waals surface area contributed by atoms with Crippen molar-refractivity contribution >= 4 is 17.5 Å². The van der Waals surface area contributed by atoms with Crippen LogP contribution in [-0.2, 0) is 15.0 Å². The summed E-state index contributed by atoms with van der Waals surface area (Å²) in [5.41, 5.74) is 5.76. The number of nitrogens with two attached hydrogens (primary N) is 1. The predicted octanol–water partition coefficient (Wildman–Crippen LogP) is 2.10. The summed E-state index contributed by atoms with van der Waals surface area (Å²) in [6.07, 6.45) is 4.93. The van der Waals surface area contributed by atoms with Gasteiger partial charge in [0.2, 0.25) is 17.5 Å². The van der Waals surface area contributed by atoms with Crippen molar-refractivity contribution in [1.82, 2.24) is 4.90 Å². The quantitative estimate of drug-likeness (QED) is 0.614.